The van der Waals surface area contributed by atoms with Crippen molar-refractivity contribution < 1.29 is 62.2 Å². The smallest absolute Gasteiger partial charge is 0.312 e. The first-order chi connectivity index (χ1) is 45.5. The van der Waals surface area contributed by atoms with Crippen LogP contribution in [0.5, 0.6) is 0 Å². The number of carbonyl (C=O) groups excluding carboxylic acids is 11. The number of likely N-dealkylation sites (tertiary alicyclic amines) is 1. The van der Waals surface area contributed by atoms with Crippen LogP contribution in [0.4, 0.5) is 16.2 Å². The summed E-state index contributed by atoms with van der Waals surface area (Å²) in [5.41, 5.74) is 7.31. The molecule has 11 atom stereocenters. The van der Waals surface area contributed by atoms with Crippen molar-refractivity contribution in [2.45, 2.75) is 187 Å². The number of para-hydroxylation sites is 1. The molecule has 26 nitrogen and oxygen atoms in total. The molecule has 9 N–H and O–H groups in total. The molecule has 4 unspecified atom stereocenters. The van der Waals surface area contributed by atoms with E-state index in [1.165, 1.54) is 32.6 Å². The van der Waals surface area contributed by atoms with E-state index < -0.39 is 96.0 Å². The highest BCUT2D eigenvalue weighted by Gasteiger charge is 2.44. The highest BCUT2D eigenvalue weighted by Crippen LogP contribution is 2.31. The normalized spacial score (nSPS) is 17.1. The van der Waals surface area contributed by atoms with E-state index in [0.29, 0.717) is 67.5 Å². The van der Waals surface area contributed by atoms with E-state index in [1.807, 2.05) is 84.8 Å². The van der Waals surface area contributed by atoms with Gasteiger partial charge in [-0.1, -0.05) is 105 Å². The van der Waals surface area contributed by atoms with Crippen LogP contribution >= 0.6 is 0 Å². The first-order valence-electron chi connectivity index (χ1n) is 33.6. The average Bonchev–Trinajstić information content (AvgIpc) is 1.32. The minimum atomic E-state index is -1.18. The number of methoxy groups -OCH3 is 2. The third-order valence-corrected chi connectivity index (χ3v) is 18.2. The Morgan fingerprint density at radius 1 is 0.698 bits per heavy atom. The zero-order valence-electron chi connectivity index (χ0n) is 58.5. The molecule has 2 aromatic carbocycles. The molecule has 26 heteroatoms. The van der Waals surface area contributed by atoms with Gasteiger partial charge in [-0.05, 0) is 106 Å². The second kappa shape index (κ2) is 37.8. The topological polar surface area (TPSA) is 342 Å². The maximum atomic E-state index is 14.7. The molecule has 1 fully saturated rings. The molecule has 96 heavy (non-hydrogen) atoms. The van der Waals surface area contributed by atoms with Crippen LogP contribution in [-0.2, 0) is 63.8 Å². The monoisotopic (exact) mass is 1340 g/mol. The van der Waals surface area contributed by atoms with Crippen molar-refractivity contribution in [3.8, 4) is 0 Å². The highest BCUT2D eigenvalue weighted by molar-refractivity contribution is 6.13. The zero-order chi connectivity index (χ0) is 71.1. The average molecular weight is 1340 g/mol. The van der Waals surface area contributed by atoms with Gasteiger partial charge < -0.3 is 62.2 Å². The number of hydrogen-bond donors (Lipinski definition) is 8. The lowest BCUT2D eigenvalue weighted by Crippen LogP contribution is -2.59. The number of unbranched alkanes of at least 4 members (excludes halogenated alkanes) is 2. The van der Waals surface area contributed by atoms with Gasteiger partial charge in [0.25, 0.3) is 11.8 Å². The van der Waals surface area contributed by atoms with E-state index in [1.54, 1.807) is 68.0 Å². The van der Waals surface area contributed by atoms with Gasteiger partial charge in [0.15, 0.2) is 0 Å². The Morgan fingerprint density at radius 3 is 1.94 bits per heavy atom. The molecule has 2 aliphatic rings. The first-order valence-corrected chi connectivity index (χ1v) is 33.6. The van der Waals surface area contributed by atoms with Crippen LogP contribution in [0.2, 0.25) is 0 Å². The minimum absolute atomic E-state index is 0.0161. The number of ether oxygens (including phenoxy) is 2. The van der Waals surface area contributed by atoms with Crippen molar-refractivity contribution in [3.63, 3.8) is 0 Å². The maximum absolute atomic E-state index is 14.7. The summed E-state index contributed by atoms with van der Waals surface area (Å²) < 4.78 is 12.2. The second-order valence-electron chi connectivity index (χ2n) is 26.6. The van der Waals surface area contributed by atoms with E-state index in [-0.39, 0.29) is 98.4 Å². The summed E-state index contributed by atoms with van der Waals surface area (Å²) in [5.74, 6) is -5.91. The van der Waals surface area contributed by atoms with E-state index in [0.717, 1.165) is 10.3 Å². The molecule has 0 bridgehead atoms. The van der Waals surface area contributed by atoms with Crippen LogP contribution in [0, 0.1) is 29.6 Å². The number of anilines is 2. The summed E-state index contributed by atoms with van der Waals surface area (Å²) in [6.07, 6.45) is 5.95. The molecule has 0 aliphatic carbocycles. The number of nitrogens with two attached hydrogens (primary N) is 1. The van der Waals surface area contributed by atoms with Crippen LogP contribution in [-0.4, -0.2) is 199 Å². The number of nitrogens with zero attached hydrogens (tertiary/aromatic N) is 5. The van der Waals surface area contributed by atoms with Crippen LogP contribution in [0.25, 0.3) is 10.9 Å². The van der Waals surface area contributed by atoms with Crippen LogP contribution in [0.15, 0.2) is 72.9 Å². The molecule has 0 saturated carbocycles. The summed E-state index contributed by atoms with van der Waals surface area (Å²) >= 11 is 0. The number of likely N-dealkylation sites (N-methyl/N-ethyl adjacent to an activating group) is 2. The fraction of sp³-hybridized carbons (Fsp3) is 0.600. The summed E-state index contributed by atoms with van der Waals surface area (Å²) in [6, 6.07) is 9.25. The van der Waals surface area contributed by atoms with Gasteiger partial charge in [-0.15, -0.1) is 0 Å². The molecular weight excluding hydrogens is 1230 g/mol. The number of benzene rings is 2. The van der Waals surface area contributed by atoms with E-state index >= 15 is 0 Å². The van der Waals surface area contributed by atoms with Gasteiger partial charge in [0.1, 0.15) is 24.2 Å². The predicted octanol–water partition coefficient (Wildman–Crippen LogP) is 5.05. The first kappa shape index (κ1) is 78.3. The number of amides is 12. The van der Waals surface area contributed by atoms with Crippen molar-refractivity contribution in [2.24, 2.45) is 35.3 Å². The fourth-order valence-corrected chi connectivity index (χ4v) is 12.7. The second-order valence-corrected chi connectivity index (χ2v) is 26.6. The van der Waals surface area contributed by atoms with Crippen molar-refractivity contribution >= 4 is 87.4 Å². The highest BCUT2D eigenvalue weighted by atomic mass is 16.5. The van der Waals surface area contributed by atoms with Crippen LogP contribution < -0.4 is 43.0 Å². The van der Waals surface area contributed by atoms with E-state index in [4.69, 9.17) is 15.2 Å². The number of nitrogens with one attached hydrogen (secondary N) is 7. The van der Waals surface area contributed by atoms with Gasteiger partial charge in [-0.3, -0.25) is 62.7 Å². The Balaban J connectivity index is 1.31. The Morgan fingerprint density at radius 2 is 1.33 bits per heavy atom. The largest absolute Gasteiger partial charge is 0.379 e. The summed E-state index contributed by atoms with van der Waals surface area (Å²) in [5, 5.41) is 20.6. The summed E-state index contributed by atoms with van der Waals surface area (Å²) in [7, 11) is 8.35. The lowest BCUT2D eigenvalue weighted by molar-refractivity contribution is -0.148. The van der Waals surface area contributed by atoms with Gasteiger partial charge in [-0.25, -0.2) is 4.79 Å². The standard InChI is InChI=1S/C70H105N13O13/c1-15-44(8)62(81(12)69(93)60(42(4)5)79-68(92)61(43(6)7)80(10)11)54(95-13)39-58(87)82-36-22-26-53(82)63(96-14)45(9)64(88)77-52(66(90)75-49-38-47-23-18-19-24-50(47)73-40-49)37-46-28-30-48(31-29-46)74-65(89)51(25-21-34-72-70(71)94)76-67(91)59(41(2)3)78-55(84)27-17-16-20-35-83-56(85)32-33-57(83)86/h18-19,23-24,28-33,38,40-45,51-54,59-63H,15-17,20-22,25-27,34-37,39H2,1-14H3,(H,74,89)(H,75,90)(H,76,91)(H,77,88)(H,78,84)(H,79,92)(H3,71,72,94)/t44-,45+,51?,52?,53-,54+,59+,60?,61-,62?,63+/m0/s1. The molecular formula is C70H105N13O13. The summed E-state index contributed by atoms with van der Waals surface area (Å²) in [4.78, 5) is 159. The van der Waals surface area contributed by atoms with Crippen LogP contribution in [0.3, 0.4) is 0 Å². The van der Waals surface area contributed by atoms with Gasteiger partial charge in [0.2, 0.25) is 47.3 Å². The number of aromatic nitrogens is 1. The number of pyridine rings is 1. The summed E-state index contributed by atoms with van der Waals surface area (Å²) in [6.45, 7) is 17.6. The number of urea groups is 1. The van der Waals surface area contributed by atoms with Crippen LogP contribution in [0.1, 0.15) is 132 Å². The number of imide groups is 1. The number of primary amides is 1. The molecule has 1 saturated heterocycles. The molecule has 1 aromatic heterocycles. The Bertz CT molecular complexity index is 3170. The van der Waals surface area contributed by atoms with Crippen molar-refractivity contribution in [3.05, 3.63) is 78.5 Å². The molecule has 12 amide bonds. The molecule has 5 rings (SSSR count). The van der Waals surface area contributed by atoms with Crippen molar-refractivity contribution in [2.75, 3.05) is 65.6 Å². The predicted molar refractivity (Wildman–Crippen MR) is 366 cm³/mol. The van der Waals surface area contributed by atoms with Gasteiger partial charge in [0.05, 0.1) is 60.1 Å². The Labute approximate surface area is 565 Å². The number of fused-ring (bicyclic) bond motifs is 1. The van der Waals surface area contributed by atoms with Gasteiger partial charge in [0, 0.05) is 77.0 Å². The zero-order valence-corrected chi connectivity index (χ0v) is 58.5. The van der Waals surface area contributed by atoms with E-state index in [2.05, 4.69) is 42.2 Å². The third kappa shape index (κ3) is 22.4. The third-order valence-electron chi connectivity index (χ3n) is 18.2. The Hall–Kier alpha value is -8.36. The van der Waals surface area contributed by atoms with Gasteiger partial charge >= 0.3 is 6.03 Å². The molecule has 3 aromatic rings. The number of rotatable bonds is 38. The number of hydrogen-bond acceptors (Lipinski definition) is 15. The van der Waals surface area contributed by atoms with Crippen molar-refractivity contribution in [1.29, 1.82) is 0 Å². The Kier molecular flexibility index (Phi) is 30.9. The maximum Gasteiger partial charge on any atom is 0.312 e. The SMILES string of the molecule is CC[C@H](C)C([C@@H](CC(=O)N1CCC[C@H]1[C@H](OC)[C@@H](C)C(=O)NC(Cc1ccc(NC(=O)C(CCCNC(N)=O)NC(=O)[C@H](NC(=O)CCCCCN2C(=O)C=CC2=O)C(C)C)cc1)C(=O)Nc1cnc2ccccc2c1)OC)N(C)C(=O)C(NC(=O)[C@H](C(C)C)N(C)C)C(C)C. The molecule has 3 heterocycles. The van der Waals surface area contributed by atoms with Gasteiger partial charge in [-0.2, -0.15) is 0 Å². The molecule has 528 valence electrons. The quantitative estimate of drug-likeness (QED) is 0.0275. The van der Waals surface area contributed by atoms with Crippen molar-refractivity contribution in [1.82, 2.24) is 51.2 Å². The van der Waals surface area contributed by atoms with E-state index in [9.17, 15) is 52.7 Å². The molecule has 0 radical (unpaired) electrons. The lowest BCUT2D eigenvalue weighted by atomic mass is 9.89. The number of carbonyl (C=O) groups is 11. The minimum Gasteiger partial charge on any atom is -0.379 e. The molecule has 0 spiro atoms. The lowest BCUT2D eigenvalue weighted by Gasteiger charge is -2.41. The fourth-order valence-electron chi connectivity index (χ4n) is 12.7. The molecule has 2 aliphatic heterocycles.